The number of pyridine rings is 1. The van der Waals surface area contributed by atoms with E-state index in [4.69, 9.17) is 19.7 Å². The summed E-state index contributed by atoms with van der Waals surface area (Å²) in [6, 6.07) is 17.1. The Morgan fingerprint density at radius 2 is 1.58 bits per heavy atom. The van der Waals surface area contributed by atoms with Crippen LogP contribution in [0.2, 0.25) is 0 Å². The average molecular weight is 442 g/mol. The Morgan fingerprint density at radius 1 is 0.909 bits per heavy atom. The summed E-state index contributed by atoms with van der Waals surface area (Å²) in [5.41, 5.74) is 7.28. The molecule has 0 fully saturated rings. The van der Waals surface area contributed by atoms with Gasteiger partial charge in [-0.05, 0) is 47.9 Å². The Bertz CT molecular complexity index is 1190. The monoisotopic (exact) mass is 441 g/mol. The zero-order valence-electron chi connectivity index (χ0n) is 20.9. The van der Waals surface area contributed by atoms with Gasteiger partial charge in [-0.3, -0.25) is 4.99 Å². The number of hydrogen-bond donors (Lipinski definition) is 0. The SMILES string of the molecule is CC(=Nc1c(C(C)C)cccc1C(C)C)c1ccc2cccc(C3=N[C@@H](C(C)C)CO3)c2n1. The van der Waals surface area contributed by atoms with Crippen molar-refractivity contribution in [3.05, 3.63) is 70.9 Å². The Balaban J connectivity index is 1.81. The Morgan fingerprint density at radius 3 is 2.18 bits per heavy atom. The number of aliphatic imine (C=N–C) groups is 2. The van der Waals surface area contributed by atoms with Crippen LogP contribution in [0.4, 0.5) is 5.69 Å². The predicted octanol–water partition coefficient (Wildman–Crippen LogP) is 7.42. The quantitative estimate of drug-likeness (QED) is 0.374. The largest absolute Gasteiger partial charge is 0.475 e. The molecular formula is C29H35N3O. The molecule has 0 saturated carbocycles. The van der Waals surface area contributed by atoms with Crippen molar-refractivity contribution in [2.75, 3.05) is 6.61 Å². The minimum Gasteiger partial charge on any atom is -0.475 e. The highest BCUT2D eigenvalue weighted by Gasteiger charge is 2.24. The fourth-order valence-corrected chi connectivity index (χ4v) is 4.27. The highest BCUT2D eigenvalue weighted by molar-refractivity contribution is 6.08. The summed E-state index contributed by atoms with van der Waals surface area (Å²) in [4.78, 5) is 15.0. The van der Waals surface area contributed by atoms with Crippen LogP contribution in [0.1, 0.15) is 82.7 Å². The zero-order chi connectivity index (χ0) is 23.7. The van der Waals surface area contributed by atoms with Crippen molar-refractivity contribution in [3.63, 3.8) is 0 Å². The van der Waals surface area contributed by atoms with Gasteiger partial charge in [0.15, 0.2) is 0 Å². The standard InChI is InChI=1S/C29H35N3O/c1-17(2)22-11-9-12-23(18(3)4)28(22)30-20(7)25-15-14-21-10-8-13-24(27(21)31-25)29-32-26(16-33-29)19(5)6/h8-15,17-19,26H,16H2,1-7H3/t26-/m1/s1. The number of benzene rings is 2. The van der Waals surface area contributed by atoms with Crippen LogP contribution < -0.4 is 0 Å². The normalized spacial score (nSPS) is 16.7. The van der Waals surface area contributed by atoms with Gasteiger partial charge in [0.2, 0.25) is 5.90 Å². The molecule has 3 aromatic rings. The maximum Gasteiger partial charge on any atom is 0.218 e. The molecule has 4 rings (SSSR count). The minimum absolute atomic E-state index is 0.198. The topological polar surface area (TPSA) is 46.8 Å². The lowest BCUT2D eigenvalue weighted by Crippen LogP contribution is -2.13. The number of ether oxygens (including phenoxy) is 1. The molecule has 1 aliphatic rings. The van der Waals surface area contributed by atoms with Gasteiger partial charge in [-0.15, -0.1) is 0 Å². The highest BCUT2D eigenvalue weighted by Crippen LogP contribution is 2.35. The van der Waals surface area contributed by atoms with Gasteiger partial charge in [0.05, 0.1) is 34.2 Å². The zero-order valence-corrected chi connectivity index (χ0v) is 20.9. The van der Waals surface area contributed by atoms with Crippen molar-refractivity contribution < 1.29 is 4.74 Å². The van der Waals surface area contributed by atoms with Gasteiger partial charge in [0, 0.05) is 5.39 Å². The van der Waals surface area contributed by atoms with E-state index in [0.717, 1.165) is 33.6 Å². The second-order valence-electron chi connectivity index (χ2n) is 9.92. The van der Waals surface area contributed by atoms with Crippen LogP contribution >= 0.6 is 0 Å². The predicted molar refractivity (Wildman–Crippen MR) is 139 cm³/mol. The molecule has 1 aromatic heterocycles. The van der Waals surface area contributed by atoms with Gasteiger partial charge in [-0.25, -0.2) is 9.98 Å². The third kappa shape index (κ3) is 4.71. The molecule has 0 saturated heterocycles. The first-order valence-electron chi connectivity index (χ1n) is 12.1. The fourth-order valence-electron chi connectivity index (χ4n) is 4.27. The molecule has 0 aliphatic carbocycles. The van der Waals surface area contributed by atoms with Gasteiger partial charge >= 0.3 is 0 Å². The Labute approximate surface area is 197 Å². The van der Waals surface area contributed by atoms with Crippen LogP contribution in [0.15, 0.2) is 58.5 Å². The summed E-state index contributed by atoms with van der Waals surface area (Å²) in [6.45, 7) is 15.9. The van der Waals surface area contributed by atoms with Gasteiger partial charge in [-0.1, -0.05) is 77.9 Å². The lowest BCUT2D eigenvalue weighted by molar-refractivity contribution is 0.292. The average Bonchev–Trinajstić information content (AvgIpc) is 3.28. The lowest BCUT2D eigenvalue weighted by Gasteiger charge is -2.17. The summed E-state index contributed by atoms with van der Waals surface area (Å²) >= 11 is 0. The number of para-hydroxylation sites is 2. The van der Waals surface area contributed by atoms with Crippen molar-refractivity contribution in [3.8, 4) is 0 Å². The van der Waals surface area contributed by atoms with Crippen molar-refractivity contribution in [2.24, 2.45) is 15.9 Å². The van der Waals surface area contributed by atoms with Gasteiger partial charge in [-0.2, -0.15) is 0 Å². The maximum atomic E-state index is 5.98. The summed E-state index contributed by atoms with van der Waals surface area (Å²) in [5.74, 6) is 1.95. The molecule has 4 heteroatoms. The highest BCUT2D eigenvalue weighted by atomic mass is 16.5. The van der Waals surface area contributed by atoms with E-state index in [1.807, 2.05) is 6.07 Å². The van der Waals surface area contributed by atoms with Crippen LogP contribution in [0.5, 0.6) is 0 Å². The van der Waals surface area contributed by atoms with Crippen LogP contribution in [0.25, 0.3) is 10.9 Å². The molecule has 2 heterocycles. The van der Waals surface area contributed by atoms with Gasteiger partial charge in [0.25, 0.3) is 0 Å². The molecule has 0 bridgehead atoms. The molecule has 1 aliphatic heterocycles. The number of hydrogen-bond acceptors (Lipinski definition) is 4. The van der Waals surface area contributed by atoms with E-state index >= 15 is 0 Å². The van der Waals surface area contributed by atoms with Crippen LogP contribution in [-0.4, -0.2) is 29.2 Å². The molecular weight excluding hydrogens is 406 g/mol. The number of rotatable bonds is 6. The third-order valence-electron chi connectivity index (χ3n) is 6.39. The summed E-state index contributed by atoms with van der Waals surface area (Å²) in [6.07, 6.45) is 0. The molecule has 0 N–H and O–H groups in total. The maximum absolute atomic E-state index is 5.98. The Kier molecular flexibility index (Phi) is 6.64. The molecule has 33 heavy (non-hydrogen) atoms. The molecule has 4 nitrogen and oxygen atoms in total. The van der Waals surface area contributed by atoms with Crippen LogP contribution in [-0.2, 0) is 4.74 Å². The number of fused-ring (bicyclic) bond motifs is 1. The first kappa shape index (κ1) is 23.2. The van der Waals surface area contributed by atoms with E-state index in [1.54, 1.807) is 0 Å². The van der Waals surface area contributed by atoms with E-state index in [0.29, 0.717) is 30.3 Å². The molecule has 172 valence electrons. The van der Waals surface area contributed by atoms with Crippen molar-refractivity contribution >= 4 is 28.2 Å². The summed E-state index contributed by atoms with van der Waals surface area (Å²) in [7, 11) is 0. The molecule has 2 aromatic carbocycles. The van der Waals surface area contributed by atoms with E-state index in [-0.39, 0.29) is 6.04 Å². The second-order valence-corrected chi connectivity index (χ2v) is 9.92. The molecule has 0 unspecified atom stereocenters. The fraction of sp³-hybridized carbons (Fsp3) is 0.414. The molecule has 1 atom stereocenters. The van der Waals surface area contributed by atoms with E-state index in [2.05, 4.69) is 90.9 Å². The number of nitrogens with zero attached hydrogens (tertiary/aromatic N) is 3. The summed E-state index contributed by atoms with van der Waals surface area (Å²) < 4.78 is 5.98. The van der Waals surface area contributed by atoms with E-state index in [1.165, 1.54) is 11.1 Å². The smallest absolute Gasteiger partial charge is 0.218 e. The van der Waals surface area contributed by atoms with Gasteiger partial charge in [0.1, 0.15) is 6.61 Å². The molecule has 0 amide bonds. The minimum atomic E-state index is 0.198. The molecule has 0 radical (unpaired) electrons. The second kappa shape index (κ2) is 9.46. The van der Waals surface area contributed by atoms with E-state index in [9.17, 15) is 0 Å². The Hall–Kier alpha value is -3.01. The first-order valence-corrected chi connectivity index (χ1v) is 12.1. The van der Waals surface area contributed by atoms with Crippen molar-refractivity contribution in [1.29, 1.82) is 0 Å². The third-order valence-corrected chi connectivity index (χ3v) is 6.39. The first-order chi connectivity index (χ1) is 15.8. The molecule has 0 spiro atoms. The van der Waals surface area contributed by atoms with Crippen LogP contribution in [0, 0.1) is 5.92 Å². The van der Waals surface area contributed by atoms with E-state index < -0.39 is 0 Å². The number of aromatic nitrogens is 1. The van der Waals surface area contributed by atoms with Crippen molar-refractivity contribution in [1.82, 2.24) is 4.98 Å². The van der Waals surface area contributed by atoms with Crippen molar-refractivity contribution in [2.45, 2.75) is 66.3 Å². The van der Waals surface area contributed by atoms with Crippen LogP contribution in [0.3, 0.4) is 0 Å². The lowest BCUT2D eigenvalue weighted by atomic mass is 9.93. The van der Waals surface area contributed by atoms with Gasteiger partial charge < -0.3 is 4.74 Å². The summed E-state index contributed by atoms with van der Waals surface area (Å²) in [5, 5.41) is 1.08.